The molecule has 1 aliphatic heterocycles. The monoisotopic (exact) mass is 268 g/mol. The zero-order valence-electron chi connectivity index (χ0n) is 12.4. The number of hydrogen-bond donors (Lipinski definition) is 0. The van der Waals surface area contributed by atoms with Crippen LogP contribution in [-0.4, -0.2) is 5.16 Å². The molecule has 0 N–H and O–H groups in total. The van der Waals surface area contributed by atoms with Crippen molar-refractivity contribution >= 4 is 13.2 Å². The molecule has 0 nitrogen and oxygen atoms in total. The summed E-state index contributed by atoms with van der Waals surface area (Å²) < 4.78 is 0. The number of allylic oxidation sites excluding steroid dienone is 4. The minimum atomic E-state index is -0.129. The Morgan fingerprint density at radius 1 is 0.842 bits per heavy atom. The van der Waals surface area contributed by atoms with E-state index < -0.39 is 0 Å². The summed E-state index contributed by atoms with van der Waals surface area (Å²) in [6, 6.07) is 10.9. The van der Waals surface area contributed by atoms with Gasteiger partial charge in [0.2, 0.25) is 0 Å². The average molecular weight is 268 g/mol. The van der Waals surface area contributed by atoms with E-state index >= 15 is 0 Å². The number of benzene rings is 1. The maximum Gasteiger partial charge on any atom is 0.0375 e. The second-order valence-corrected chi connectivity index (χ2v) is 8.20. The molecule has 0 amide bonds. The predicted molar refractivity (Wildman–Crippen MR) is 86.5 cm³/mol. The molecule has 0 saturated heterocycles. The highest BCUT2D eigenvalue weighted by Crippen LogP contribution is 2.78. The Kier molecular flexibility index (Phi) is 2.84. The Labute approximate surface area is 117 Å². The highest BCUT2D eigenvalue weighted by molar-refractivity contribution is 7.81. The van der Waals surface area contributed by atoms with Crippen LogP contribution in [0.2, 0.25) is 0 Å². The molecule has 0 fully saturated rings. The van der Waals surface area contributed by atoms with Crippen molar-refractivity contribution in [3.8, 4) is 0 Å². The zero-order chi connectivity index (χ0) is 13.8. The van der Waals surface area contributed by atoms with E-state index in [0.29, 0.717) is 0 Å². The first-order chi connectivity index (χ1) is 8.98. The second kappa shape index (κ2) is 4.18. The molecule has 0 spiro atoms. The van der Waals surface area contributed by atoms with E-state index in [1.165, 1.54) is 16.7 Å². The number of hydrogen-bond acceptors (Lipinski definition) is 0. The summed E-state index contributed by atoms with van der Waals surface area (Å²) in [4.78, 5) is 0. The molecule has 3 rings (SSSR count). The van der Waals surface area contributed by atoms with Gasteiger partial charge in [0.05, 0.1) is 0 Å². The molecule has 0 bridgehead atoms. The molecule has 0 saturated carbocycles. The summed E-state index contributed by atoms with van der Waals surface area (Å²) in [5.41, 5.74) is 7.59. The lowest BCUT2D eigenvalue weighted by Gasteiger charge is -2.30. The standard InChI is InChI=1S/C18H21P/c1-12-13(2)15(4)18(5,14(12)3)19-11-17(19)16-9-7-6-8-10-16/h6-11H,1-5H3. The van der Waals surface area contributed by atoms with E-state index in [-0.39, 0.29) is 13.1 Å². The minimum Gasteiger partial charge on any atom is -0.0622 e. The largest absolute Gasteiger partial charge is 0.0622 e. The molecular weight excluding hydrogens is 247 g/mol. The van der Waals surface area contributed by atoms with E-state index in [0.717, 1.165) is 0 Å². The Hall–Kier alpha value is -1.13. The first kappa shape index (κ1) is 12.9. The van der Waals surface area contributed by atoms with Crippen molar-refractivity contribution in [3.05, 3.63) is 64.0 Å². The molecular formula is C18H21P. The first-order valence-electron chi connectivity index (χ1n) is 6.90. The molecule has 1 unspecified atom stereocenters. The van der Waals surface area contributed by atoms with Gasteiger partial charge in [-0.2, -0.15) is 0 Å². The summed E-state index contributed by atoms with van der Waals surface area (Å²) >= 11 is 0. The van der Waals surface area contributed by atoms with E-state index in [9.17, 15) is 0 Å². The SMILES string of the molecule is CC1=C(C)C(C)(P2C=C2c2ccccc2)C(C)=C1C. The molecule has 0 aromatic heterocycles. The van der Waals surface area contributed by atoms with Gasteiger partial charge in [-0.15, -0.1) is 0 Å². The molecule has 1 heterocycles. The van der Waals surface area contributed by atoms with Gasteiger partial charge in [-0.3, -0.25) is 0 Å². The van der Waals surface area contributed by atoms with Gasteiger partial charge in [0.25, 0.3) is 0 Å². The van der Waals surface area contributed by atoms with Crippen molar-refractivity contribution in [2.24, 2.45) is 0 Å². The normalized spacial score (nSPS) is 24.9. The molecule has 1 aromatic rings. The fraction of sp³-hybridized carbons (Fsp3) is 0.333. The summed E-state index contributed by atoms with van der Waals surface area (Å²) in [5.74, 6) is 2.50. The fourth-order valence-electron chi connectivity index (χ4n) is 3.22. The topological polar surface area (TPSA) is 0 Å². The third-order valence-corrected chi connectivity index (χ3v) is 7.92. The predicted octanol–water partition coefficient (Wildman–Crippen LogP) is 5.93. The van der Waals surface area contributed by atoms with Crippen molar-refractivity contribution in [1.82, 2.24) is 0 Å². The summed E-state index contributed by atoms with van der Waals surface area (Å²) in [6.07, 6.45) is 0. The summed E-state index contributed by atoms with van der Waals surface area (Å²) in [7, 11) is -0.129. The van der Waals surface area contributed by atoms with E-state index in [1.54, 1.807) is 16.5 Å². The lowest BCUT2D eigenvalue weighted by atomic mass is 9.98. The molecule has 0 radical (unpaired) electrons. The van der Waals surface area contributed by atoms with Crippen LogP contribution >= 0.6 is 7.92 Å². The average Bonchev–Trinajstić information content (AvgIpc) is 3.22. The van der Waals surface area contributed by atoms with E-state index in [1.807, 2.05) is 0 Å². The Morgan fingerprint density at radius 2 is 1.37 bits per heavy atom. The Morgan fingerprint density at radius 3 is 1.89 bits per heavy atom. The van der Waals surface area contributed by atoms with Crippen molar-refractivity contribution in [2.75, 3.05) is 0 Å². The zero-order valence-corrected chi connectivity index (χ0v) is 13.3. The van der Waals surface area contributed by atoms with Crippen molar-refractivity contribution in [3.63, 3.8) is 0 Å². The lowest BCUT2D eigenvalue weighted by Crippen LogP contribution is -2.20. The highest BCUT2D eigenvalue weighted by Gasteiger charge is 2.48. The van der Waals surface area contributed by atoms with Gasteiger partial charge in [-0.25, -0.2) is 0 Å². The van der Waals surface area contributed by atoms with Crippen LogP contribution in [0, 0.1) is 0 Å². The van der Waals surface area contributed by atoms with Gasteiger partial charge >= 0.3 is 0 Å². The Bertz CT molecular complexity index is 605. The lowest BCUT2D eigenvalue weighted by molar-refractivity contribution is 0.868. The quantitative estimate of drug-likeness (QED) is 0.583. The highest BCUT2D eigenvalue weighted by atomic mass is 31.1. The molecule has 1 atom stereocenters. The van der Waals surface area contributed by atoms with Gasteiger partial charge in [-0.05, 0) is 70.4 Å². The third kappa shape index (κ3) is 1.70. The van der Waals surface area contributed by atoms with Crippen LogP contribution in [0.15, 0.2) is 58.4 Å². The molecule has 1 aromatic carbocycles. The van der Waals surface area contributed by atoms with Gasteiger partial charge in [0.15, 0.2) is 0 Å². The molecule has 1 aliphatic carbocycles. The van der Waals surface area contributed by atoms with Crippen molar-refractivity contribution in [2.45, 2.75) is 39.8 Å². The van der Waals surface area contributed by atoms with Crippen LogP contribution in [-0.2, 0) is 0 Å². The van der Waals surface area contributed by atoms with Crippen molar-refractivity contribution < 1.29 is 0 Å². The maximum absolute atomic E-state index is 2.50. The second-order valence-electron chi connectivity index (χ2n) is 5.82. The first-order valence-corrected chi connectivity index (χ1v) is 8.32. The Balaban J connectivity index is 1.95. The van der Waals surface area contributed by atoms with Crippen LogP contribution < -0.4 is 0 Å². The summed E-state index contributed by atoms with van der Waals surface area (Å²) in [5, 5.41) is 1.86. The fourth-order valence-corrected chi connectivity index (χ4v) is 5.96. The van der Waals surface area contributed by atoms with Gasteiger partial charge in [-0.1, -0.05) is 41.5 Å². The van der Waals surface area contributed by atoms with Crippen LogP contribution in [0.3, 0.4) is 0 Å². The van der Waals surface area contributed by atoms with E-state index in [2.05, 4.69) is 70.8 Å². The number of rotatable bonds is 2. The minimum absolute atomic E-state index is 0.129. The van der Waals surface area contributed by atoms with Crippen molar-refractivity contribution in [1.29, 1.82) is 0 Å². The van der Waals surface area contributed by atoms with Crippen LogP contribution in [0.4, 0.5) is 0 Å². The smallest absolute Gasteiger partial charge is 0.0375 e. The molecule has 2 aliphatic rings. The van der Waals surface area contributed by atoms with E-state index in [4.69, 9.17) is 0 Å². The van der Waals surface area contributed by atoms with Crippen LogP contribution in [0.5, 0.6) is 0 Å². The molecule has 98 valence electrons. The maximum atomic E-state index is 2.50. The molecule has 19 heavy (non-hydrogen) atoms. The van der Waals surface area contributed by atoms with Crippen LogP contribution in [0.1, 0.15) is 40.2 Å². The third-order valence-electron chi connectivity index (χ3n) is 5.14. The molecule has 1 heteroatoms. The van der Waals surface area contributed by atoms with Gasteiger partial charge < -0.3 is 0 Å². The van der Waals surface area contributed by atoms with Crippen LogP contribution in [0.25, 0.3) is 5.31 Å². The van der Waals surface area contributed by atoms with Gasteiger partial charge in [0.1, 0.15) is 0 Å². The van der Waals surface area contributed by atoms with Gasteiger partial charge in [0, 0.05) is 5.16 Å². The summed E-state index contributed by atoms with van der Waals surface area (Å²) in [6.45, 7) is 11.6.